The Morgan fingerprint density at radius 1 is 1.44 bits per heavy atom. The summed E-state index contributed by atoms with van der Waals surface area (Å²) >= 11 is 0. The maximum absolute atomic E-state index is 9.96. The highest BCUT2D eigenvalue weighted by Gasteiger charge is 2.13. The van der Waals surface area contributed by atoms with Crippen molar-refractivity contribution >= 4 is 12.6 Å². The molecule has 0 aliphatic heterocycles. The van der Waals surface area contributed by atoms with Crippen molar-refractivity contribution in [3.8, 4) is 0 Å². The maximum Gasteiger partial charge on any atom is 0.150 e. The van der Waals surface area contributed by atoms with Crippen LogP contribution >= 0.6 is 0 Å². The predicted molar refractivity (Wildman–Crippen MR) is 31.0 cm³/mol. The number of hydrogen-bond donors (Lipinski definition) is 2. The lowest BCUT2D eigenvalue weighted by molar-refractivity contribution is -0.121. The Balaban J connectivity index is 3.77. The third kappa shape index (κ3) is 2.34. The average Bonchev–Trinajstić information content (AvgIpc) is 1.90. The van der Waals surface area contributed by atoms with Crippen molar-refractivity contribution in [1.29, 1.82) is 0 Å². The van der Waals surface area contributed by atoms with Gasteiger partial charge in [0.2, 0.25) is 0 Å². The third-order valence-electron chi connectivity index (χ3n) is 0.987. The first-order chi connectivity index (χ1) is 4.26. The molecule has 0 aliphatic carbocycles. The first-order valence-electron chi connectivity index (χ1n) is 2.52. The molecule has 0 aromatic rings. The van der Waals surface area contributed by atoms with Crippen LogP contribution in [0.4, 0.5) is 0 Å². The molecule has 52 valence electrons. The average molecular weight is 131 g/mol. The van der Waals surface area contributed by atoms with Gasteiger partial charge in [0.05, 0.1) is 6.04 Å². The van der Waals surface area contributed by atoms with Crippen molar-refractivity contribution in [2.24, 2.45) is 0 Å². The Bertz CT molecular complexity index is 104. The minimum absolute atomic E-state index is 0.315. The van der Waals surface area contributed by atoms with E-state index in [-0.39, 0.29) is 0 Å². The summed E-state index contributed by atoms with van der Waals surface area (Å²) < 4.78 is 0. The molecule has 2 unspecified atom stereocenters. The van der Waals surface area contributed by atoms with Gasteiger partial charge in [-0.3, -0.25) is 0 Å². The first kappa shape index (κ1) is 8.26. The predicted octanol–water partition coefficient (Wildman–Crippen LogP) is -1.67. The van der Waals surface area contributed by atoms with Crippen LogP contribution in [0.25, 0.3) is 0 Å². The van der Waals surface area contributed by atoms with Crippen LogP contribution in [0.5, 0.6) is 0 Å². The van der Waals surface area contributed by atoms with E-state index in [1.807, 2.05) is 0 Å². The van der Waals surface area contributed by atoms with Gasteiger partial charge in [-0.2, -0.15) is 0 Å². The van der Waals surface area contributed by atoms with Gasteiger partial charge in [0.25, 0.3) is 0 Å². The Hall–Kier alpha value is -0.740. The smallest absolute Gasteiger partial charge is 0.150 e. The Morgan fingerprint density at radius 3 is 2.11 bits per heavy atom. The zero-order chi connectivity index (χ0) is 7.28. The van der Waals surface area contributed by atoms with Crippen LogP contribution in [0.3, 0.4) is 0 Å². The van der Waals surface area contributed by atoms with Crippen LogP contribution in [-0.4, -0.2) is 36.9 Å². The topological polar surface area (TPSA) is 66.4 Å². The van der Waals surface area contributed by atoms with Gasteiger partial charge in [-0.25, -0.2) is 0 Å². The summed E-state index contributed by atoms with van der Waals surface area (Å²) in [5.74, 6) is 0. The first-order valence-corrected chi connectivity index (χ1v) is 2.52. The fourth-order valence-electron chi connectivity index (χ4n) is 0.404. The molecule has 0 heterocycles. The molecule has 4 heteroatoms. The molecule has 0 fully saturated rings. The molecule has 0 aromatic heterocycles. The Morgan fingerprint density at radius 2 is 2.00 bits per heavy atom. The Kier molecular flexibility index (Phi) is 3.83. The number of carbonyl (C=O) groups is 2. The molecule has 0 spiro atoms. The van der Waals surface area contributed by atoms with Crippen LogP contribution in [0.15, 0.2) is 0 Å². The highest BCUT2D eigenvalue weighted by atomic mass is 16.3. The van der Waals surface area contributed by atoms with Gasteiger partial charge < -0.3 is 20.0 Å². The zero-order valence-electron chi connectivity index (χ0n) is 5.07. The maximum atomic E-state index is 9.96. The minimum atomic E-state index is -1.23. The second kappa shape index (κ2) is 4.17. The quantitative estimate of drug-likeness (QED) is 0.448. The number of nitrogens with one attached hydrogen (secondary N) is 1. The van der Waals surface area contributed by atoms with Crippen LogP contribution < -0.4 is 5.32 Å². The highest BCUT2D eigenvalue weighted by molar-refractivity contribution is 5.69. The molecule has 4 nitrogen and oxygen atoms in total. The highest BCUT2D eigenvalue weighted by Crippen LogP contribution is 1.82. The standard InChI is InChI=1S/C5H9NO3/c1-6-4(2-7)5(9)3-8/h2-6,9H,1H3. The monoisotopic (exact) mass is 131 g/mol. The van der Waals surface area contributed by atoms with E-state index in [0.29, 0.717) is 12.6 Å². The van der Waals surface area contributed by atoms with Crippen molar-refractivity contribution in [1.82, 2.24) is 5.32 Å². The van der Waals surface area contributed by atoms with Crippen molar-refractivity contribution in [3.63, 3.8) is 0 Å². The van der Waals surface area contributed by atoms with Crippen LogP contribution in [0, 0.1) is 0 Å². The summed E-state index contributed by atoms with van der Waals surface area (Å²) in [6.07, 6.45) is -0.429. The van der Waals surface area contributed by atoms with Gasteiger partial charge >= 0.3 is 0 Å². The van der Waals surface area contributed by atoms with E-state index >= 15 is 0 Å². The van der Waals surface area contributed by atoms with E-state index in [4.69, 9.17) is 5.11 Å². The van der Waals surface area contributed by atoms with Crippen molar-refractivity contribution in [2.45, 2.75) is 12.1 Å². The van der Waals surface area contributed by atoms with Gasteiger partial charge in [-0.1, -0.05) is 0 Å². The molecule has 0 bridgehead atoms. The second-order valence-corrected chi connectivity index (χ2v) is 1.58. The van der Waals surface area contributed by atoms with E-state index < -0.39 is 12.1 Å². The number of likely N-dealkylation sites (N-methyl/N-ethyl adjacent to an activating group) is 1. The van der Waals surface area contributed by atoms with Crippen molar-refractivity contribution in [3.05, 3.63) is 0 Å². The third-order valence-corrected chi connectivity index (χ3v) is 0.987. The zero-order valence-corrected chi connectivity index (χ0v) is 5.07. The van der Waals surface area contributed by atoms with Gasteiger partial charge in [0, 0.05) is 0 Å². The van der Waals surface area contributed by atoms with E-state index in [0.717, 1.165) is 0 Å². The molecule has 0 aliphatic rings. The van der Waals surface area contributed by atoms with Crippen molar-refractivity contribution in [2.75, 3.05) is 7.05 Å². The number of hydrogen-bond acceptors (Lipinski definition) is 4. The van der Waals surface area contributed by atoms with Crippen LogP contribution in [0.1, 0.15) is 0 Å². The molecular formula is C5H9NO3. The molecule has 9 heavy (non-hydrogen) atoms. The number of aliphatic hydroxyl groups excluding tert-OH is 1. The molecule has 2 N–H and O–H groups in total. The van der Waals surface area contributed by atoms with E-state index in [9.17, 15) is 9.59 Å². The summed E-state index contributed by atoms with van der Waals surface area (Å²) in [7, 11) is 1.49. The number of aldehydes is 2. The number of aliphatic hydroxyl groups is 1. The normalized spacial score (nSPS) is 16.2. The van der Waals surface area contributed by atoms with E-state index in [1.165, 1.54) is 7.05 Å². The lowest BCUT2D eigenvalue weighted by atomic mass is 10.2. The van der Waals surface area contributed by atoms with Crippen molar-refractivity contribution < 1.29 is 14.7 Å². The summed E-state index contributed by atoms with van der Waals surface area (Å²) in [6, 6.07) is -0.775. The fraction of sp³-hybridized carbons (Fsp3) is 0.600. The van der Waals surface area contributed by atoms with E-state index in [2.05, 4.69) is 5.32 Å². The molecule has 0 aromatic carbocycles. The summed E-state index contributed by atoms with van der Waals surface area (Å²) in [5, 5.41) is 11.1. The van der Waals surface area contributed by atoms with Crippen LogP contribution in [0.2, 0.25) is 0 Å². The summed E-state index contributed by atoms with van der Waals surface area (Å²) in [5.41, 5.74) is 0. The van der Waals surface area contributed by atoms with Gasteiger partial charge in [-0.15, -0.1) is 0 Å². The molecule has 0 saturated heterocycles. The molecular weight excluding hydrogens is 122 g/mol. The molecule has 0 amide bonds. The summed E-state index contributed by atoms with van der Waals surface area (Å²) in [6.45, 7) is 0. The van der Waals surface area contributed by atoms with Gasteiger partial charge in [0.1, 0.15) is 12.4 Å². The lowest BCUT2D eigenvalue weighted by Crippen LogP contribution is -2.39. The van der Waals surface area contributed by atoms with Crippen LogP contribution in [-0.2, 0) is 9.59 Å². The Labute approximate surface area is 52.9 Å². The fourth-order valence-corrected chi connectivity index (χ4v) is 0.404. The second-order valence-electron chi connectivity index (χ2n) is 1.58. The van der Waals surface area contributed by atoms with E-state index in [1.54, 1.807) is 0 Å². The number of rotatable bonds is 4. The molecule has 0 saturated carbocycles. The lowest BCUT2D eigenvalue weighted by Gasteiger charge is -2.08. The SMILES string of the molecule is CNC(C=O)C(O)C=O. The summed E-state index contributed by atoms with van der Waals surface area (Å²) in [4.78, 5) is 19.8. The number of carbonyl (C=O) groups excluding carboxylic acids is 2. The van der Waals surface area contributed by atoms with Gasteiger partial charge in [0.15, 0.2) is 6.29 Å². The minimum Gasteiger partial charge on any atom is -0.384 e. The largest absolute Gasteiger partial charge is 0.384 e. The molecule has 2 atom stereocenters. The van der Waals surface area contributed by atoms with Gasteiger partial charge in [-0.05, 0) is 7.05 Å². The molecule has 0 rings (SSSR count). The molecule has 0 radical (unpaired) electrons.